The first-order valence-electron chi connectivity index (χ1n) is 6.77. The molecule has 1 N–H and O–H groups in total. The minimum atomic E-state index is -0.0965. The molecule has 0 radical (unpaired) electrons. The number of rotatable bonds is 6. The number of hydrogen-bond acceptors (Lipinski definition) is 2. The van der Waals surface area contributed by atoms with Gasteiger partial charge >= 0.3 is 0 Å². The van der Waals surface area contributed by atoms with Gasteiger partial charge in [-0.1, -0.05) is 0 Å². The van der Waals surface area contributed by atoms with Crippen LogP contribution in [-0.2, 0) is 18.3 Å². The van der Waals surface area contributed by atoms with E-state index in [0.717, 1.165) is 12.8 Å². The SMILES string of the molecule is C[C@@H](CCc1cccn1C)NC(=O)/C=C/c1ccco1. The van der Waals surface area contributed by atoms with Crippen LogP contribution in [0.5, 0.6) is 0 Å². The zero-order valence-corrected chi connectivity index (χ0v) is 11.9. The number of nitrogens with zero attached hydrogens (tertiary/aromatic N) is 1. The van der Waals surface area contributed by atoms with Gasteiger partial charge < -0.3 is 14.3 Å². The van der Waals surface area contributed by atoms with E-state index in [0.29, 0.717) is 5.76 Å². The Balaban J connectivity index is 1.75. The highest BCUT2D eigenvalue weighted by Gasteiger charge is 2.06. The fourth-order valence-electron chi connectivity index (χ4n) is 2.03. The molecular formula is C16H20N2O2. The molecule has 0 saturated heterocycles. The number of amides is 1. The quantitative estimate of drug-likeness (QED) is 0.822. The molecule has 0 fully saturated rings. The summed E-state index contributed by atoms with van der Waals surface area (Å²) in [5.74, 6) is 0.581. The summed E-state index contributed by atoms with van der Waals surface area (Å²) in [6.07, 6.45) is 8.65. The summed E-state index contributed by atoms with van der Waals surface area (Å²) >= 11 is 0. The molecule has 1 amide bonds. The van der Waals surface area contributed by atoms with Gasteiger partial charge in [-0.05, 0) is 50.1 Å². The number of carbonyl (C=O) groups excluding carboxylic acids is 1. The first-order valence-corrected chi connectivity index (χ1v) is 6.77. The van der Waals surface area contributed by atoms with Crippen LogP contribution in [0.1, 0.15) is 24.8 Å². The molecule has 2 aromatic heterocycles. The third-order valence-electron chi connectivity index (χ3n) is 3.22. The topological polar surface area (TPSA) is 47.2 Å². The summed E-state index contributed by atoms with van der Waals surface area (Å²) in [6.45, 7) is 2.02. The van der Waals surface area contributed by atoms with E-state index in [1.807, 2.05) is 32.3 Å². The molecule has 0 spiro atoms. The van der Waals surface area contributed by atoms with E-state index < -0.39 is 0 Å². The summed E-state index contributed by atoms with van der Waals surface area (Å²) in [6, 6.07) is 7.87. The Labute approximate surface area is 119 Å². The van der Waals surface area contributed by atoms with Crippen molar-refractivity contribution in [3.63, 3.8) is 0 Å². The summed E-state index contributed by atoms with van der Waals surface area (Å²) < 4.78 is 7.23. The van der Waals surface area contributed by atoms with Crippen LogP contribution in [0.2, 0.25) is 0 Å². The second-order valence-electron chi connectivity index (χ2n) is 4.91. The maximum atomic E-state index is 11.7. The fraction of sp³-hybridized carbons (Fsp3) is 0.312. The van der Waals surface area contributed by atoms with Crippen LogP contribution in [0.3, 0.4) is 0 Å². The van der Waals surface area contributed by atoms with Gasteiger partial charge in [0.05, 0.1) is 6.26 Å². The first kappa shape index (κ1) is 14.2. The Morgan fingerprint density at radius 3 is 2.95 bits per heavy atom. The molecule has 4 heteroatoms. The van der Waals surface area contributed by atoms with Gasteiger partial charge in [0.2, 0.25) is 5.91 Å². The zero-order chi connectivity index (χ0) is 14.4. The number of hydrogen-bond donors (Lipinski definition) is 1. The molecule has 1 atom stereocenters. The minimum Gasteiger partial charge on any atom is -0.465 e. The third kappa shape index (κ3) is 4.16. The lowest BCUT2D eigenvalue weighted by molar-refractivity contribution is -0.117. The molecule has 0 aliphatic heterocycles. The van der Waals surface area contributed by atoms with Crippen LogP contribution in [-0.4, -0.2) is 16.5 Å². The summed E-state index contributed by atoms with van der Waals surface area (Å²) in [5, 5.41) is 2.95. The average Bonchev–Trinajstić information content (AvgIpc) is 3.05. The number of aryl methyl sites for hydroxylation is 2. The van der Waals surface area contributed by atoms with Crippen molar-refractivity contribution in [2.24, 2.45) is 7.05 Å². The van der Waals surface area contributed by atoms with Crippen LogP contribution in [0, 0.1) is 0 Å². The van der Waals surface area contributed by atoms with E-state index >= 15 is 0 Å². The molecule has 2 aromatic rings. The average molecular weight is 272 g/mol. The minimum absolute atomic E-state index is 0.0965. The molecule has 0 aliphatic rings. The van der Waals surface area contributed by atoms with Gasteiger partial charge in [0.15, 0.2) is 0 Å². The molecule has 0 saturated carbocycles. The van der Waals surface area contributed by atoms with Gasteiger partial charge in [0.1, 0.15) is 5.76 Å². The van der Waals surface area contributed by atoms with Gasteiger partial charge in [-0.2, -0.15) is 0 Å². The Bertz CT molecular complexity index is 567. The van der Waals surface area contributed by atoms with Gasteiger partial charge in [-0.15, -0.1) is 0 Å². The normalized spacial score (nSPS) is 12.7. The van der Waals surface area contributed by atoms with E-state index in [4.69, 9.17) is 4.42 Å². The number of aromatic nitrogens is 1. The maximum Gasteiger partial charge on any atom is 0.244 e. The molecule has 106 valence electrons. The van der Waals surface area contributed by atoms with Gasteiger partial charge in [0.25, 0.3) is 0 Å². The lowest BCUT2D eigenvalue weighted by atomic mass is 10.1. The van der Waals surface area contributed by atoms with Gasteiger partial charge in [-0.25, -0.2) is 0 Å². The third-order valence-corrected chi connectivity index (χ3v) is 3.22. The van der Waals surface area contributed by atoms with Crippen LogP contribution in [0.15, 0.2) is 47.2 Å². The Morgan fingerprint density at radius 2 is 2.30 bits per heavy atom. The van der Waals surface area contributed by atoms with Crippen molar-refractivity contribution >= 4 is 12.0 Å². The molecule has 20 heavy (non-hydrogen) atoms. The van der Waals surface area contributed by atoms with Gasteiger partial charge in [-0.3, -0.25) is 4.79 Å². The summed E-state index contributed by atoms with van der Waals surface area (Å²) in [7, 11) is 2.03. The highest BCUT2D eigenvalue weighted by Crippen LogP contribution is 2.06. The largest absolute Gasteiger partial charge is 0.465 e. The van der Waals surface area contributed by atoms with Crippen LogP contribution < -0.4 is 5.32 Å². The van der Waals surface area contributed by atoms with Crippen LogP contribution in [0.4, 0.5) is 0 Å². The second-order valence-corrected chi connectivity index (χ2v) is 4.91. The molecule has 0 bridgehead atoms. The van der Waals surface area contributed by atoms with E-state index in [9.17, 15) is 4.79 Å². The molecule has 0 unspecified atom stereocenters. The first-order chi connectivity index (χ1) is 9.65. The molecule has 0 aliphatic carbocycles. The van der Waals surface area contributed by atoms with Crippen molar-refractivity contribution in [2.45, 2.75) is 25.8 Å². The second kappa shape index (κ2) is 6.80. The van der Waals surface area contributed by atoms with Crippen LogP contribution >= 0.6 is 0 Å². The highest BCUT2D eigenvalue weighted by molar-refractivity contribution is 5.91. The molecule has 0 aromatic carbocycles. The molecule has 2 heterocycles. The number of furan rings is 1. The Morgan fingerprint density at radius 1 is 1.45 bits per heavy atom. The van der Waals surface area contributed by atoms with E-state index in [2.05, 4.69) is 16.0 Å². The number of nitrogens with one attached hydrogen (secondary N) is 1. The van der Waals surface area contributed by atoms with Crippen molar-refractivity contribution in [1.82, 2.24) is 9.88 Å². The molecule has 2 rings (SSSR count). The lowest BCUT2D eigenvalue weighted by Crippen LogP contribution is -2.31. The van der Waals surface area contributed by atoms with Crippen LogP contribution in [0.25, 0.3) is 6.08 Å². The monoisotopic (exact) mass is 272 g/mol. The highest BCUT2D eigenvalue weighted by atomic mass is 16.3. The number of carbonyl (C=O) groups is 1. The predicted octanol–water partition coefficient (Wildman–Crippen LogP) is 2.77. The standard InChI is InChI=1S/C16H20N2O2/c1-13(7-8-14-5-3-11-18(14)2)17-16(19)10-9-15-6-4-12-20-15/h3-6,9-13H,7-8H2,1-2H3,(H,17,19)/b10-9+/t13-/m0/s1. The Hall–Kier alpha value is -2.23. The summed E-state index contributed by atoms with van der Waals surface area (Å²) in [5.41, 5.74) is 1.28. The van der Waals surface area contributed by atoms with Crippen molar-refractivity contribution in [3.8, 4) is 0 Å². The summed E-state index contributed by atoms with van der Waals surface area (Å²) in [4.78, 5) is 11.7. The predicted molar refractivity (Wildman–Crippen MR) is 79.1 cm³/mol. The van der Waals surface area contributed by atoms with E-state index in [1.165, 1.54) is 11.8 Å². The van der Waals surface area contributed by atoms with E-state index in [-0.39, 0.29) is 11.9 Å². The zero-order valence-electron chi connectivity index (χ0n) is 11.9. The molecule has 4 nitrogen and oxygen atoms in total. The van der Waals surface area contributed by atoms with Gasteiger partial charge in [0, 0.05) is 31.1 Å². The maximum absolute atomic E-state index is 11.7. The Kier molecular flexibility index (Phi) is 4.82. The van der Waals surface area contributed by atoms with Crippen molar-refractivity contribution < 1.29 is 9.21 Å². The van der Waals surface area contributed by atoms with Crippen molar-refractivity contribution in [1.29, 1.82) is 0 Å². The van der Waals surface area contributed by atoms with E-state index in [1.54, 1.807) is 18.4 Å². The van der Waals surface area contributed by atoms with Crippen molar-refractivity contribution in [3.05, 3.63) is 54.3 Å². The smallest absolute Gasteiger partial charge is 0.244 e. The molecular weight excluding hydrogens is 252 g/mol. The fourth-order valence-corrected chi connectivity index (χ4v) is 2.03. The van der Waals surface area contributed by atoms with Crippen molar-refractivity contribution in [2.75, 3.05) is 0 Å². The lowest BCUT2D eigenvalue weighted by Gasteiger charge is -2.12.